The molecule has 2 saturated heterocycles. The fraction of sp³-hybridized carbons (Fsp3) is 0.909. The SMILES string of the molecule is CC(C)N1CCN(C2CCCNC2)C1=O. The van der Waals surface area contributed by atoms with Crippen LogP contribution in [0.25, 0.3) is 0 Å². The summed E-state index contributed by atoms with van der Waals surface area (Å²) < 4.78 is 0. The molecule has 4 heteroatoms. The maximum absolute atomic E-state index is 12.1. The lowest BCUT2D eigenvalue weighted by atomic mass is 10.1. The molecule has 0 aliphatic carbocycles. The molecule has 1 unspecified atom stereocenters. The molecule has 0 spiro atoms. The number of carbonyl (C=O) groups is 1. The summed E-state index contributed by atoms with van der Waals surface area (Å²) in [5, 5.41) is 3.36. The summed E-state index contributed by atoms with van der Waals surface area (Å²) in [7, 11) is 0. The van der Waals surface area contributed by atoms with Gasteiger partial charge in [-0.25, -0.2) is 4.79 Å². The van der Waals surface area contributed by atoms with Crippen LogP contribution in [0.5, 0.6) is 0 Å². The molecular weight excluding hydrogens is 190 g/mol. The molecule has 0 bridgehead atoms. The van der Waals surface area contributed by atoms with Crippen LogP contribution in [0.2, 0.25) is 0 Å². The van der Waals surface area contributed by atoms with Crippen LogP contribution in [-0.4, -0.2) is 54.1 Å². The Hall–Kier alpha value is -0.770. The van der Waals surface area contributed by atoms with Gasteiger partial charge in [-0.15, -0.1) is 0 Å². The van der Waals surface area contributed by atoms with Gasteiger partial charge in [-0.3, -0.25) is 0 Å². The van der Waals surface area contributed by atoms with Gasteiger partial charge in [0.05, 0.1) is 0 Å². The molecule has 2 aliphatic rings. The third kappa shape index (κ3) is 2.09. The smallest absolute Gasteiger partial charge is 0.320 e. The molecule has 86 valence electrons. The topological polar surface area (TPSA) is 35.6 Å². The summed E-state index contributed by atoms with van der Waals surface area (Å²) in [5.41, 5.74) is 0. The predicted molar refractivity (Wildman–Crippen MR) is 59.8 cm³/mol. The Kier molecular flexibility index (Phi) is 3.14. The first-order valence-corrected chi connectivity index (χ1v) is 5.98. The third-order valence-corrected chi connectivity index (χ3v) is 3.41. The number of hydrogen-bond donors (Lipinski definition) is 1. The third-order valence-electron chi connectivity index (χ3n) is 3.41. The van der Waals surface area contributed by atoms with Gasteiger partial charge >= 0.3 is 6.03 Å². The van der Waals surface area contributed by atoms with E-state index in [1.54, 1.807) is 0 Å². The average molecular weight is 211 g/mol. The standard InChI is InChI=1S/C11H21N3O/c1-9(2)13-6-7-14(11(13)15)10-4-3-5-12-8-10/h9-10,12H,3-8H2,1-2H3. The zero-order valence-corrected chi connectivity index (χ0v) is 9.70. The van der Waals surface area contributed by atoms with E-state index in [1.807, 2.05) is 9.80 Å². The predicted octanol–water partition coefficient (Wildman–Crippen LogP) is 0.884. The lowest BCUT2D eigenvalue weighted by molar-refractivity contribution is 0.161. The number of nitrogens with one attached hydrogen (secondary N) is 1. The number of urea groups is 1. The maximum atomic E-state index is 12.1. The van der Waals surface area contributed by atoms with Gasteiger partial charge in [0, 0.05) is 31.7 Å². The van der Waals surface area contributed by atoms with Gasteiger partial charge in [-0.2, -0.15) is 0 Å². The summed E-state index contributed by atoms with van der Waals surface area (Å²) in [6.45, 7) is 8.04. The van der Waals surface area contributed by atoms with E-state index >= 15 is 0 Å². The largest absolute Gasteiger partial charge is 0.320 e. The van der Waals surface area contributed by atoms with Crippen molar-refractivity contribution < 1.29 is 4.79 Å². The molecule has 15 heavy (non-hydrogen) atoms. The summed E-state index contributed by atoms with van der Waals surface area (Å²) >= 11 is 0. The first-order valence-electron chi connectivity index (χ1n) is 5.98. The van der Waals surface area contributed by atoms with E-state index in [1.165, 1.54) is 6.42 Å². The maximum Gasteiger partial charge on any atom is 0.320 e. The van der Waals surface area contributed by atoms with Crippen LogP contribution in [-0.2, 0) is 0 Å². The summed E-state index contributed by atoms with van der Waals surface area (Å²) in [6, 6.07) is 0.993. The van der Waals surface area contributed by atoms with E-state index in [-0.39, 0.29) is 6.03 Å². The van der Waals surface area contributed by atoms with Gasteiger partial charge in [0.15, 0.2) is 0 Å². The summed E-state index contributed by atoms with van der Waals surface area (Å²) in [5.74, 6) is 0. The minimum atomic E-state index is 0.235. The van der Waals surface area contributed by atoms with Gasteiger partial charge in [-0.05, 0) is 33.2 Å². The highest BCUT2D eigenvalue weighted by molar-refractivity contribution is 5.77. The molecule has 1 atom stereocenters. The van der Waals surface area contributed by atoms with Crippen molar-refractivity contribution in [2.75, 3.05) is 26.2 Å². The van der Waals surface area contributed by atoms with Gasteiger partial charge in [0.2, 0.25) is 0 Å². The molecule has 4 nitrogen and oxygen atoms in total. The van der Waals surface area contributed by atoms with E-state index in [0.717, 1.165) is 32.6 Å². The van der Waals surface area contributed by atoms with Crippen molar-refractivity contribution in [2.24, 2.45) is 0 Å². The van der Waals surface area contributed by atoms with E-state index in [0.29, 0.717) is 12.1 Å². The number of carbonyl (C=O) groups excluding carboxylic acids is 1. The Balaban J connectivity index is 1.96. The zero-order chi connectivity index (χ0) is 10.8. The molecule has 0 aromatic heterocycles. The second-order valence-corrected chi connectivity index (χ2v) is 4.76. The number of piperidine rings is 1. The molecule has 2 heterocycles. The van der Waals surface area contributed by atoms with Gasteiger partial charge < -0.3 is 15.1 Å². The quantitative estimate of drug-likeness (QED) is 0.736. The summed E-state index contributed by atoms with van der Waals surface area (Å²) in [4.78, 5) is 16.1. The van der Waals surface area contributed by atoms with Crippen LogP contribution in [0.3, 0.4) is 0 Å². The molecule has 2 fully saturated rings. The number of rotatable bonds is 2. The summed E-state index contributed by atoms with van der Waals surface area (Å²) in [6.07, 6.45) is 2.35. The highest BCUT2D eigenvalue weighted by Crippen LogP contribution is 2.18. The van der Waals surface area contributed by atoms with Crippen LogP contribution in [0.15, 0.2) is 0 Å². The number of nitrogens with zero attached hydrogens (tertiary/aromatic N) is 2. The molecule has 2 aliphatic heterocycles. The molecule has 1 N–H and O–H groups in total. The molecule has 2 rings (SSSR count). The van der Waals surface area contributed by atoms with E-state index in [2.05, 4.69) is 19.2 Å². The van der Waals surface area contributed by atoms with Crippen molar-refractivity contribution in [3.8, 4) is 0 Å². The van der Waals surface area contributed by atoms with Crippen molar-refractivity contribution in [2.45, 2.75) is 38.8 Å². The lowest BCUT2D eigenvalue weighted by Crippen LogP contribution is -2.48. The molecular formula is C11H21N3O. The van der Waals surface area contributed by atoms with Gasteiger partial charge in [0.1, 0.15) is 0 Å². The van der Waals surface area contributed by atoms with Crippen LogP contribution >= 0.6 is 0 Å². The Labute approximate surface area is 91.6 Å². The minimum Gasteiger partial charge on any atom is -0.320 e. The molecule has 0 aromatic rings. The van der Waals surface area contributed by atoms with Crippen LogP contribution in [0.4, 0.5) is 4.79 Å². The molecule has 2 amide bonds. The van der Waals surface area contributed by atoms with Crippen LogP contribution in [0, 0.1) is 0 Å². The van der Waals surface area contributed by atoms with Crippen molar-refractivity contribution in [1.82, 2.24) is 15.1 Å². The Bertz CT molecular complexity index is 236. The second-order valence-electron chi connectivity index (χ2n) is 4.76. The number of hydrogen-bond acceptors (Lipinski definition) is 2. The Morgan fingerprint density at radius 2 is 2.20 bits per heavy atom. The van der Waals surface area contributed by atoms with Gasteiger partial charge in [0.25, 0.3) is 0 Å². The molecule has 0 saturated carbocycles. The normalized spacial score (nSPS) is 27.9. The highest BCUT2D eigenvalue weighted by Gasteiger charge is 2.34. The van der Waals surface area contributed by atoms with E-state index in [4.69, 9.17) is 0 Å². The first kappa shape index (κ1) is 10.7. The van der Waals surface area contributed by atoms with Crippen LogP contribution < -0.4 is 5.32 Å². The lowest BCUT2D eigenvalue weighted by Gasteiger charge is -2.31. The molecule has 0 radical (unpaired) electrons. The highest BCUT2D eigenvalue weighted by atomic mass is 16.2. The fourth-order valence-electron chi connectivity index (χ4n) is 2.49. The van der Waals surface area contributed by atoms with Crippen LogP contribution in [0.1, 0.15) is 26.7 Å². The second kappa shape index (κ2) is 4.39. The monoisotopic (exact) mass is 211 g/mol. The van der Waals surface area contributed by atoms with Crippen molar-refractivity contribution >= 4 is 6.03 Å². The van der Waals surface area contributed by atoms with E-state index in [9.17, 15) is 4.79 Å². The van der Waals surface area contributed by atoms with Crippen molar-refractivity contribution in [3.63, 3.8) is 0 Å². The first-order chi connectivity index (χ1) is 7.20. The van der Waals surface area contributed by atoms with Crippen molar-refractivity contribution in [1.29, 1.82) is 0 Å². The minimum absolute atomic E-state index is 0.235. The van der Waals surface area contributed by atoms with E-state index < -0.39 is 0 Å². The fourth-order valence-corrected chi connectivity index (χ4v) is 2.49. The molecule has 0 aromatic carbocycles. The number of amides is 2. The average Bonchev–Trinajstić information content (AvgIpc) is 2.61. The van der Waals surface area contributed by atoms with Crippen molar-refractivity contribution in [3.05, 3.63) is 0 Å². The Morgan fingerprint density at radius 3 is 2.73 bits per heavy atom. The Morgan fingerprint density at radius 1 is 1.40 bits per heavy atom. The van der Waals surface area contributed by atoms with Gasteiger partial charge in [-0.1, -0.05) is 0 Å². The zero-order valence-electron chi connectivity index (χ0n) is 9.70.